The summed E-state index contributed by atoms with van der Waals surface area (Å²) in [5.74, 6) is -0.424. The molecule has 24 heavy (non-hydrogen) atoms. The Morgan fingerprint density at radius 3 is 2.29 bits per heavy atom. The Kier molecular flexibility index (Phi) is 7.09. The quantitative estimate of drug-likeness (QED) is 0.791. The van der Waals surface area contributed by atoms with E-state index in [0.29, 0.717) is 23.0 Å². The molecule has 0 aromatic heterocycles. The molecule has 0 aliphatic rings. The minimum atomic E-state index is -0.240. The van der Waals surface area contributed by atoms with Crippen molar-refractivity contribution in [3.05, 3.63) is 69.7 Å². The summed E-state index contributed by atoms with van der Waals surface area (Å²) in [5, 5.41) is 6.63. The molecule has 0 saturated heterocycles. The molecule has 2 rings (SSSR count). The van der Waals surface area contributed by atoms with E-state index in [2.05, 4.69) is 10.6 Å². The van der Waals surface area contributed by atoms with Crippen LogP contribution in [0.3, 0.4) is 0 Å². The number of nitrogens with one attached hydrogen (secondary N) is 2. The highest BCUT2D eigenvalue weighted by molar-refractivity contribution is 6.31. The predicted molar refractivity (Wildman–Crippen MR) is 96.1 cm³/mol. The number of amides is 2. The third-order valence-corrected chi connectivity index (χ3v) is 4.05. The second-order valence-corrected chi connectivity index (χ2v) is 6.11. The van der Waals surface area contributed by atoms with Crippen LogP contribution >= 0.6 is 23.2 Å². The van der Waals surface area contributed by atoms with Gasteiger partial charge in [0, 0.05) is 23.0 Å². The smallest absolute Gasteiger partial charge is 0.239 e. The predicted octanol–water partition coefficient (Wildman–Crippen LogP) is 3.36. The van der Waals surface area contributed by atoms with Crippen molar-refractivity contribution in [3.63, 3.8) is 0 Å². The molecule has 0 saturated carbocycles. The van der Waals surface area contributed by atoms with Gasteiger partial charge >= 0.3 is 0 Å². The zero-order valence-corrected chi connectivity index (χ0v) is 14.5. The zero-order valence-electron chi connectivity index (χ0n) is 13.0. The Balaban J connectivity index is 1.66. The summed E-state index contributed by atoms with van der Waals surface area (Å²) >= 11 is 11.8. The lowest BCUT2D eigenvalue weighted by molar-refractivity contribution is -0.126. The van der Waals surface area contributed by atoms with Gasteiger partial charge in [0.2, 0.25) is 11.8 Å². The Morgan fingerprint density at radius 2 is 1.58 bits per heavy atom. The van der Waals surface area contributed by atoms with E-state index in [9.17, 15) is 9.59 Å². The van der Waals surface area contributed by atoms with Gasteiger partial charge in [-0.2, -0.15) is 0 Å². The molecule has 0 bridgehead atoms. The first-order chi connectivity index (χ1) is 11.5. The van der Waals surface area contributed by atoms with Gasteiger partial charge in [-0.05, 0) is 35.7 Å². The fourth-order valence-electron chi connectivity index (χ4n) is 2.08. The minimum absolute atomic E-state index is 0.0467. The van der Waals surface area contributed by atoms with Crippen LogP contribution in [0.4, 0.5) is 0 Å². The molecule has 0 heterocycles. The van der Waals surface area contributed by atoms with Gasteiger partial charge in [0.1, 0.15) is 0 Å². The fraction of sp³-hybridized carbons (Fsp3) is 0.222. The standard InChI is InChI=1S/C18H18Cl2N2O2/c19-15-8-5-13(6-9-15)11-21-18(24)12-22-17(23)10-7-14-3-1-2-4-16(14)20/h1-6,8-9H,7,10-12H2,(H,21,24)(H,22,23). The molecule has 2 aromatic rings. The zero-order chi connectivity index (χ0) is 17.4. The molecule has 4 nitrogen and oxygen atoms in total. The van der Waals surface area contributed by atoms with Crippen LogP contribution in [-0.4, -0.2) is 18.4 Å². The van der Waals surface area contributed by atoms with Gasteiger partial charge in [0.15, 0.2) is 0 Å². The summed E-state index contributed by atoms with van der Waals surface area (Å²) in [6, 6.07) is 14.6. The molecule has 0 unspecified atom stereocenters. The number of carbonyl (C=O) groups excluding carboxylic acids is 2. The van der Waals surface area contributed by atoms with E-state index < -0.39 is 0 Å². The van der Waals surface area contributed by atoms with Gasteiger partial charge < -0.3 is 10.6 Å². The second kappa shape index (κ2) is 9.30. The van der Waals surface area contributed by atoms with Gasteiger partial charge in [0.05, 0.1) is 6.54 Å². The number of hydrogen-bond acceptors (Lipinski definition) is 2. The van der Waals surface area contributed by atoms with Gasteiger partial charge in [-0.3, -0.25) is 9.59 Å². The Labute approximate surface area is 151 Å². The van der Waals surface area contributed by atoms with Crippen LogP contribution in [0.2, 0.25) is 10.0 Å². The molecule has 2 amide bonds. The molecule has 0 aliphatic heterocycles. The van der Waals surface area contributed by atoms with Crippen molar-refractivity contribution in [1.82, 2.24) is 10.6 Å². The average Bonchev–Trinajstić information content (AvgIpc) is 2.58. The van der Waals surface area contributed by atoms with Crippen LogP contribution in [0, 0.1) is 0 Å². The summed E-state index contributed by atoms with van der Waals surface area (Å²) in [5.41, 5.74) is 1.86. The highest BCUT2D eigenvalue weighted by Gasteiger charge is 2.07. The lowest BCUT2D eigenvalue weighted by Crippen LogP contribution is -2.36. The molecule has 0 fully saturated rings. The second-order valence-electron chi connectivity index (χ2n) is 5.27. The van der Waals surface area contributed by atoms with E-state index in [0.717, 1.165) is 11.1 Å². The number of aryl methyl sites for hydroxylation is 1. The Hall–Kier alpha value is -2.04. The molecular formula is C18H18Cl2N2O2. The number of rotatable bonds is 7. The summed E-state index contributed by atoms with van der Waals surface area (Å²) in [4.78, 5) is 23.5. The van der Waals surface area contributed by atoms with E-state index in [1.807, 2.05) is 30.3 Å². The highest BCUT2D eigenvalue weighted by atomic mass is 35.5. The average molecular weight is 365 g/mol. The third-order valence-electron chi connectivity index (χ3n) is 3.43. The van der Waals surface area contributed by atoms with Crippen molar-refractivity contribution in [2.24, 2.45) is 0 Å². The van der Waals surface area contributed by atoms with E-state index in [4.69, 9.17) is 23.2 Å². The molecule has 6 heteroatoms. The summed E-state index contributed by atoms with van der Waals surface area (Å²) in [6.07, 6.45) is 0.825. The van der Waals surface area contributed by atoms with Crippen LogP contribution in [-0.2, 0) is 22.6 Å². The van der Waals surface area contributed by atoms with Gasteiger partial charge in [0.25, 0.3) is 0 Å². The van der Waals surface area contributed by atoms with Crippen molar-refractivity contribution in [2.45, 2.75) is 19.4 Å². The van der Waals surface area contributed by atoms with Gasteiger partial charge in [-0.1, -0.05) is 53.5 Å². The van der Waals surface area contributed by atoms with E-state index >= 15 is 0 Å². The maximum Gasteiger partial charge on any atom is 0.239 e. The van der Waals surface area contributed by atoms with E-state index in [1.165, 1.54) is 0 Å². The summed E-state index contributed by atoms with van der Waals surface area (Å²) in [7, 11) is 0. The normalized spacial score (nSPS) is 10.2. The molecule has 0 aliphatic carbocycles. The monoisotopic (exact) mass is 364 g/mol. The first-order valence-corrected chi connectivity index (χ1v) is 8.31. The molecular weight excluding hydrogens is 347 g/mol. The number of halogens is 2. The topological polar surface area (TPSA) is 58.2 Å². The first-order valence-electron chi connectivity index (χ1n) is 7.56. The lowest BCUT2D eigenvalue weighted by atomic mass is 10.1. The molecule has 126 valence electrons. The third kappa shape index (κ3) is 6.22. The highest BCUT2D eigenvalue weighted by Crippen LogP contribution is 2.16. The van der Waals surface area contributed by atoms with Crippen molar-refractivity contribution in [3.8, 4) is 0 Å². The summed E-state index contributed by atoms with van der Waals surface area (Å²) < 4.78 is 0. The molecule has 0 spiro atoms. The molecule has 0 atom stereocenters. The Morgan fingerprint density at radius 1 is 0.875 bits per heavy atom. The van der Waals surface area contributed by atoms with Crippen LogP contribution < -0.4 is 10.6 Å². The van der Waals surface area contributed by atoms with Crippen LogP contribution in [0.1, 0.15) is 17.5 Å². The fourth-order valence-corrected chi connectivity index (χ4v) is 2.44. The van der Waals surface area contributed by atoms with Crippen molar-refractivity contribution >= 4 is 35.0 Å². The lowest BCUT2D eigenvalue weighted by Gasteiger charge is -2.08. The van der Waals surface area contributed by atoms with Crippen LogP contribution in [0.15, 0.2) is 48.5 Å². The van der Waals surface area contributed by atoms with Crippen molar-refractivity contribution in [2.75, 3.05) is 6.54 Å². The van der Waals surface area contributed by atoms with E-state index in [1.54, 1.807) is 18.2 Å². The largest absolute Gasteiger partial charge is 0.350 e. The minimum Gasteiger partial charge on any atom is -0.350 e. The first kappa shape index (κ1) is 18.3. The number of benzene rings is 2. The molecule has 2 aromatic carbocycles. The van der Waals surface area contributed by atoms with Crippen LogP contribution in [0.5, 0.6) is 0 Å². The maximum absolute atomic E-state index is 11.8. The SMILES string of the molecule is O=C(CCc1ccccc1Cl)NCC(=O)NCc1ccc(Cl)cc1. The molecule has 0 radical (unpaired) electrons. The number of carbonyl (C=O) groups is 2. The van der Waals surface area contributed by atoms with Crippen molar-refractivity contribution in [1.29, 1.82) is 0 Å². The number of hydrogen-bond donors (Lipinski definition) is 2. The van der Waals surface area contributed by atoms with Gasteiger partial charge in [-0.15, -0.1) is 0 Å². The Bertz CT molecular complexity index is 702. The van der Waals surface area contributed by atoms with Gasteiger partial charge in [-0.25, -0.2) is 0 Å². The van der Waals surface area contributed by atoms with Crippen LogP contribution in [0.25, 0.3) is 0 Å². The summed E-state index contributed by atoms with van der Waals surface area (Å²) in [6.45, 7) is 0.348. The van der Waals surface area contributed by atoms with Crippen molar-refractivity contribution < 1.29 is 9.59 Å². The van der Waals surface area contributed by atoms with E-state index in [-0.39, 0.29) is 24.8 Å². The molecule has 2 N–H and O–H groups in total. The maximum atomic E-state index is 11.8.